The van der Waals surface area contributed by atoms with Gasteiger partial charge in [0.05, 0.1) is 11.8 Å². The van der Waals surface area contributed by atoms with Crippen molar-refractivity contribution in [3.8, 4) is 11.8 Å². The molecule has 1 atom stereocenters. The number of aromatic nitrogens is 2. The van der Waals surface area contributed by atoms with Gasteiger partial charge in [0.25, 0.3) is 11.1 Å². The maximum atomic E-state index is 13.6. The van der Waals surface area contributed by atoms with Crippen LogP contribution in [0.2, 0.25) is 0 Å². The van der Waals surface area contributed by atoms with E-state index >= 15 is 0 Å². The Morgan fingerprint density at radius 2 is 2.19 bits per heavy atom. The summed E-state index contributed by atoms with van der Waals surface area (Å²) in [4.78, 5) is 12.1. The molecule has 1 heterocycles. The number of amides is 1. The number of carbonyl (C=O) groups is 1. The number of hydrogen-bond donors (Lipinski definition) is 1. The van der Waals surface area contributed by atoms with E-state index in [0.29, 0.717) is 12.8 Å². The molecular weight excluding hydrogens is 371 g/mol. The fourth-order valence-corrected chi connectivity index (χ4v) is 3.47. The van der Waals surface area contributed by atoms with Crippen LogP contribution in [-0.4, -0.2) is 27.4 Å². The zero-order chi connectivity index (χ0) is 19.3. The van der Waals surface area contributed by atoms with Crippen LogP contribution in [0, 0.1) is 17.1 Å². The van der Waals surface area contributed by atoms with E-state index in [1.807, 2.05) is 0 Å². The number of carbonyl (C=O) groups excluding carboxylic acids is 1. The van der Waals surface area contributed by atoms with E-state index in [4.69, 9.17) is 9.15 Å². The van der Waals surface area contributed by atoms with E-state index in [0.717, 1.165) is 24.6 Å². The Balaban J connectivity index is 1.52. The van der Waals surface area contributed by atoms with Crippen LogP contribution in [0.5, 0.6) is 5.75 Å². The number of ether oxygens (including phenoxy) is 1. The quantitative estimate of drug-likeness (QED) is 0.723. The molecular formula is C18H19FN4O3S. The Hall–Kier alpha value is -2.60. The predicted molar refractivity (Wildman–Crippen MR) is 95.4 cm³/mol. The molecule has 1 amide bonds. The molecule has 7 nitrogen and oxygen atoms in total. The van der Waals surface area contributed by atoms with Crippen LogP contribution in [0.3, 0.4) is 0 Å². The van der Waals surface area contributed by atoms with Crippen LogP contribution in [0.4, 0.5) is 4.39 Å². The number of thioether (sulfide) groups is 1. The summed E-state index contributed by atoms with van der Waals surface area (Å²) in [5.74, 6) is -0.388. The van der Waals surface area contributed by atoms with Gasteiger partial charge in [0.15, 0.2) is 17.7 Å². The van der Waals surface area contributed by atoms with Crippen LogP contribution >= 0.6 is 11.8 Å². The molecule has 0 spiro atoms. The lowest BCUT2D eigenvalue weighted by Gasteiger charge is -2.21. The van der Waals surface area contributed by atoms with Crippen LogP contribution in [-0.2, 0) is 4.79 Å². The molecule has 1 fully saturated rings. The highest BCUT2D eigenvalue weighted by atomic mass is 32.2. The Morgan fingerprint density at radius 3 is 2.89 bits per heavy atom. The minimum Gasteiger partial charge on any atom is -0.478 e. The lowest BCUT2D eigenvalue weighted by molar-refractivity contribution is -0.119. The Bertz CT molecular complexity index is 845. The monoisotopic (exact) mass is 390 g/mol. The molecule has 1 aliphatic carbocycles. The van der Waals surface area contributed by atoms with E-state index in [-0.39, 0.29) is 28.5 Å². The summed E-state index contributed by atoms with van der Waals surface area (Å²) in [5, 5.41) is 20.1. The zero-order valence-corrected chi connectivity index (χ0v) is 15.6. The highest BCUT2D eigenvalue weighted by Crippen LogP contribution is 2.29. The van der Waals surface area contributed by atoms with Crippen LogP contribution < -0.4 is 10.1 Å². The SMILES string of the molecule is C[C@@H](Oc1ccccc1F)c1nnc(SCC(=O)NC2(C#N)CCCC2)o1. The number of para-hydroxylation sites is 1. The van der Waals surface area contributed by atoms with Crippen LogP contribution in [0.1, 0.15) is 44.6 Å². The van der Waals surface area contributed by atoms with Crippen molar-refractivity contribution in [2.75, 3.05) is 5.75 Å². The molecule has 1 N–H and O–H groups in total. The Kier molecular flexibility index (Phi) is 5.96. The maximum absolute atomic E-state index is 13.6. The van der Waals surface area contributed by atoms with Gasteiger partial charge in [-0.25, -0.2) is 4.39 Å². The third-order valence-electron chi connectivity index (χ3n) is 4.29. The van der Waals surface area contributed by atoms with Gasteiger partial charge in [-0.15, -0.1) is 10.2 Å². The fraction of sp³-hybridized carbons (Fsp3) is 0.444. The van der Waals surface area contributed by atoms with E-state index < -0.39 is 17.5 Å². The molecule has 0 radical (unpaired) electrons. The second-order valence-electron chi connectivity index (χ2n) is 6.33. The van der Waals surface area contributed by atoms with Gasteiger partial charge in [0.2, 0.25) is 5.91 Å². The molecule has 142 valence electrons. The maximum Gasteiger partial charge on any atom is 0.277 e. The van der Waals surface area contributed by atoms with Crippen LogP contribution in [0.15, 0.2) is 33.9 Å². The molecule has 0 saturated heterocycles. The minimum absolute atomic E-state index is 0.0631. The highest BCUT2D eigenvalue weighted by Gasteiger charge is 2.35. The number of nitrogens with one attached hydrogen (secondary N) is 1. The predicted octanol–water partition coefficient (Wildman–Crippen LogP) is 3.39. The standard InChI is InChI=1S/C18H19FN4O3S/c1-12(25-14-7-3-2-6-13(14)19)16-22-23-17(26-16)27-10-15(24)21-18(11-20)8-4-5-9-18/h2-3,6-7,12H,4-5,8-10H2,1H3,(H,21,24)/t12-/m1/s1. The van der Waals surface area contributed by atoms with Gasteiger partial charge in [-0.1, -0.05) is 23.9 Å². The molecule has 0 bridgehead atoms. The van der Waals surface area contributed by atoms with Gasteiger partial charge >= 0.3 is 0 Å². The summed E-state index contributed by atoms with van der Waals surface area (Å²) in [7, 11) is 0. The van der Waals surface area contributed by atoms with E-state index in [1.54, 1.807) is 19.1 Å². The van der Waals surface area contributed by atoms with E-state index in [1.165, 1.54) is 12.1 Å². The summed E-state index contributed by atoms with van der Waals surface area (Å²) in [6.07, 6.45) is 2.59. The van der Waals surface area contributed by atoms with Crippen LogP contribution in [0.25, 0.3) is 0 Å². The van der Waals surface area contributed by atoms with Crippen molar-refractivity contribution in [2.24, 2.45) is 0 Å². The Morgan fingerprint density at radius 1 is 1.44 bits per heavy atom. The molecule has 1 aromatic heterocycles. The number of rotatable bonds is 7. The number of nitriles is 1. The fourth-order valence-electron chi connectivity index (χ4n) is 2.90. The number of halogens is 1. The number of benzene rings is 1. The molecule has 9 heteroatoms. The highest BCUT2D eigenvalue weighted by molar-refractivity contribution is 7.99. The molecule has 27 heavy (non-hydrogen) atoms. The molecule has 2 aromatic rings. The second-order valence-corrected chi connectivity index (χ2v) is 7.26. The van der Waals surface area contributed by atoms with E-state index in [9.17, 15) is 14.4 Å². The van der Waals surface area contributed by atoms with Crippen molar-refractivity contribution < 1.29 is 18.3 Å². The molecule has 0 aliphatic heterocycles. The van der Waals surface area contributed by atoms with Crippen molar-refractivity contribution in [2.45, 2.75) is 49.5 Å². The second kappa shape index (κ2) is 8.39. The first-order chi connectivity index (χ1) is 13.0. The topological polar surface area (TPSA) is 101 Å². The zero-order valence-electron chi connectivity index (χ0n) is 14.8. The first kappa shape index (κ1) is 19.2. The summed E-state index contributed by atoms with van der Waals surface area (Å²) in [6, 6.07) is 8.26. The number of nitrogens with zero attached hydrogens (tertiary/aromatic N) is 3. The first-order valence-electron chi connectivity index (χ1n) is 8.61. The lowest BCUT2D eigenvalue weighted by Crippen LogP contribution is -2.45. The first-order valence-corrected chi connectivity index (χ1v) is 9.59. The van der Waals surface area contributed by atoms with E-state index in [2.05, 4.69) is 21.6 Å². The summed E-state index contributed by atoms with van der Waals surface area (Å²) >= 11 is 1.08. The van der Waals surface area contributed by atoms with Gasteiger partial charge < -0.3 is 14.5 Å². The van der Waals surface area contributed by atoms with Gasteiger partial charge in [-0.05, 0) is 44.7 Å². The van der Waals surface area contributed by atoms with Crippen molar-refractivity contribution in [1.29, 1.82) is 5.26 Å². The summed E-state index contributed by atoms with van der Waals surface area (Å²) in [6.45, 7) is 1.66. The third kappa shape index (κ3) is 4.77. The Labute approximate surface area is 160 Å². The average Bonchev–Trinajstić information content (AvgIpc) is 3.32. The summed E-state index contributed by atoms with van der Waals surface area (Å²) < 4.78 is 24.6. The van der Waals surface area contributed by atoms with Gasteiger partial charge in [0.1, 0.15) is 5.54 Å². The van der Waals surface area contributed by atoms with Crippen molar-refractivity contribution in [3.63, 3.8) is 0 Å². The summed E-state index contributed by atoms with van der Waals surface area (Å²) in [5.41, 5.74) is -0.750. The minimum atomic E-state index is -0.750. The average molecular weight is 390 g/mol. The molecule has 3 rings (SSSR count). The van der Waals surface area contributed by atoms with Crippen molar-refractivity contribution in [1.82, 2.24) is 15.5 Å². The lowest BCUT2D eigenvalue weighted by atomic mass is 10.0. The smallest absolute Gasteiger partial charge is 0.277 e. The van der Waals surface area contributed by atoms with Gasteiger partial charge in [-0.2, -0.15) is 5.26 Å². The molecule has 1 saturated carbocycles. The third-order valence-corrected chi connectivity index (χ3v) is 5.11. The normalized spacial score (nSPS) is 16.5. The van der Waals surface area contributed by atoms with Crippen molar-refractivity contribution >= 4 is 17.7 Å². The molecule has 0 unspecified atom stereocenters. The van der Waals surface area contributed by atoms with Gasteiger partial charge in [0, 0.05) is 0 Å². The van der Waals surface area contributed by atoms with Gasteiger partial charge in [-0.3, -0.25) is 4.79 Å². The largest absolute Gasteiger partial charge is 0.478 e. The molecule has 1 aromatic carbocycles. The number of hydrogen-bond acceptors (Lipinski definition) is 7. The van der Waals surface area contributed by atoms with Crippen molar-refractivity contribution in [3.05, 3.63) is 36.0 Å². The molecule has 1 aliphatic rings.